The molecule has 0 aromatic carbocycles. The van der Waals surface area contributed by atoms with Gasteiger partial charge in [0.05, 0.1) is 0 Å². The number of hydrogen-bond acceptors (Lipinski definition) is 1. The molecule has 0 aliphatic carbocycles. The van der Waals surface area contributed by atoms with Gasteiger partial charge in [-0.1, -0.05) is 6.92 Å². The standard InChI is InChI=1S/C8H10F7NO/c1-3-4-16(2)5(17)6(9,10)7(11,12)8(13,14)15/h3-4H2,1-2H3. The molecule has 9 heteroatoms. The molecular weight excluding hydrogens is 259 g/mol. The van der Waals surface area contributed by atoms with Crippen LogP contribution in [0.2, 0.25) is 0 Å². The molecule has 0 aliphatic rings. The molecule has 0 heterocycles. The van der Waals surface area contributed by atoms with E-state index in [1.165, 1.54) is 6.92 Å². The van der Waals surface area contributed by atoms with Gasteiger partial charge < -0.3 is 4.90 Å². The van der Waals surface area contributed by atoms with Crippen molar-refractivity contribution in [3.05, 3.63) is 0 Å². The lowest BCUT2D eigenvalue weighted by atomic mass is 10.1. The van der Waals surface area contributed by atoms with E-state index < -0.39 is 23.9 Å². The van der Waals surface area contributed by atoms with Crippen LogP contribution in [0, 0.1) is 0 Å². The largest absolute Gasteiger partial charge is 0.460 e. The van der Waals surface area contributed by atoms with Gasteiger partial charge in [0.25, 0.3) is 5.91 Å². The molecule has 0 radical (unpaired) electrons. The highest BCUT2D eigenvalue weighted by Gasteiger charge is 2.76. The Morgan fingerprint density at radius 2 is 1.47 bits per heavy atom. The summed E-state index contributed by atoms with van der Waals surface area (Å²) in [5.74, 6) is -14.8. The maximum atomic E-state index is 12.8. The second-order valence-electron chi connectivity index (χ2n) is 3.37. The molecule has 0 fully saturated rings. The summed E-state index contributed by atoms with van der Waals surface area (Å²) in [6, 6.07) is 0. The zero-order valence-corrected chi connectivity index (χ0v) is 8.92. The molecule has 0 saturated heterocycles. The Kier molecular flexibility index (Phi) is 4.41. The van der Waals surface area contributed by atoms with Gasteiger partial charge >= 0.3 is 18.0 Å². The molecule has 0 saturated carbocycles. The quantitative estimate of drug-likeness (QED) is 0.718. The summed E-state index contributed by atoms with van der Waals surface area (Å²) in [4.78, 5) is 11.0. The highest BCUT2D eigenvalue weighted by atomic mass is 19.4. The van der Waals surface area contributed by atoms with Gasteiger partial charge in [-0.3, -0.25) is 4.79 Å². The van der Waals surface area contributed by atoms with Crippen molar-refractivity contribution in [3.63, 3.8) is 0 Å². The van der Waals surface area contributed by atoms with E-state index in [9.17, 15) is 35.5 Å². The fraction of sp³-hybridized carbons (Fsp3) is 0.875. The van der Waals surface area contributed by atoms with Gasteiger partial charge in [0, 0.05) is 13.6 Å². The van der Waals surface area contributed by atoms with Crippen molar-refractivity contribution >= 4 is 5.91 Å². The second kappa shape index (κ2) is 4.69. The van der Waals surface area contributed by atoms with E-state index in [-0.39, 0.29) is 17.9 Å². The summed E-state index contributed by atoms with van der Waals surface area (Å²) in [6.45, 7) is 1.10. The third kappa shape index (κ3) is 2.81. The summed E-state index contributed by atoms with van der Waals surface area (Å²) < 4.78 is 85.7. The van der Waals surface area contributed by atoms with Gasteiger partial charge in [0.15, 0.2) is 0 Å². The molecule has 2 nitrogen and oxygen atoms in total. The number of nitrogens with zero attached hydrogens (tertiary/aromatic N) is 1. The van der Waals surface area contributed by atoms with Crippen LogP contribution in [0.15, 0.2) is 0 Å². The number of amides is 1. The smallest absolute Gasteiger partial charge is 0.340 e. The summed E-state index contributed by atoms with van der Waals surface area (Å²) in [5.41, 5.74) is 0. The van der Waals surface area contributed by atoms with E-state index in [2.05, 4.69) is 0 Å². The van der Waals surface area contributed by atoms with Crippen LogP contribution in [0.1, 0.15) is 13.3 Å². The number of rotatable bonds is 4. The first-order chi connectivity index (χ1) is 7.39. The van der Waals surface area contributed by atoms with Gasteiger partial charge in [0.2, 0.25) is 0 Å². The molecule has 0 spiro atoms. The maximum Gasteiger partial charge on any atom is 0.460 e. The first-order valence-corrected chi connectivity index (χ1v) is 4.47. The first-order valence-electron chi connectivity index (χ1n) is 4.47. The van der Waals surface area contributed by atoms with Crippen LogP contribution in [-0.2, 0) is 4.79 Å². The molecule has 0 N–H and O–H groups in total. The summed E-state index contributed by atoms with van der Waals surface area (Å²) in [7, 11) is 0.728. The van der Waals surface area contributed by atoms with Gasteiger partial charge in [0.1, 0.15) is 0 Å². The van der Waals surface area contributed by atoms with E-state index in [1.807, 2.05) is 0 Å². The lowest BCUT2D eigenvalue weighted by Crippen LogP contribution is -2.59. The van der Waals surface area contributed by atoms with Crippen molar-refractivity contribution in [2.24, 2.45) is 0 Å². The molecule has 0 aromatic rings. The monoisotopic (exact) mass is 269 g/mol. The number of carbonyl (C=O) groups excluding carboxylic acids is 1. The Balaban J connectivity index is 5.20. The molecule has 0 rings (SSSR count). The van der Waals surface area contributed by atoms with Crippen molar-refractivity contribution in [2.45, 2.75) is 31.4 Å². The Morgan fingerprint density at radius 1 is 1.06 bits per heavy atom. The van der Waals surface area contributed by atoms with Gasteiger partial charge in [-0.05, 0) is 6.42 Å². The molecule has 102 valence electrons. The maximum absolute atomic E-state index is 12.8. The Morgan fingerprint density at radius 3 is 1.76 bits per heavy atom. The number of halogens is 7. The number of alkyl halides is 7. The Hall–Kier alpha value is -1.02. The highest BCUT2D eigenvalue weighted by Crippen LogP contribution is 2.47. The molecule has 0 aliphatic heterocycles. The molecule has 0 aromatic heterocycles. The van der Waals surface area contributed by atoms with Crippen LogP contribution in [0.4, 0.5) is 30.7 Å². The zero-order chi connectivity index (χ0) is 14.1. The molecule has 1 amide bonds. The normalized spacial score (nSPS) is 13.7. The van der Waals surface area contributed by atoms with Crippen LogP contribution in [-0.4, -0.2) is 42.4 Å². The summed E-state index contributed by atoms with van der Waals surface area (Å²) >= 11 is 0. The van der Waals surface area contributed by atoms with Crippen molar-refractivity contribution in [1.82, 2.24) is 4.90 Å². The predicted molar refractivity (Wildman–Crippen MR) is 43.9 cm³/mol. The van der Waals surface area contributed by atoms with Gasteiger partial charge in [-0.25, -0.2) is 0 Å². The van der Waals surface area contributed by atoms with Crippen molar-refractivity contribution in [1.29, 1.82) is 0 Å². The van der Waals surface area contributed by atoms with Crippen LogP contribution in [0.3, 0.4) is 0 Å². The average molecular weight is 269 g/mol. The topological polar surface area (TPSA) is 20.3 Å². The van der Waals surface area contributed by atoms with Crippen LogP contribution in [0.5, 0.6) is 0 Å². The van der Waals surface area contributed by atoms with Gasteiger partial charge in [-0.2, -0.15) is 30.7 Å². The van der Waals surface area contributed by atoms with E-state index in [4.69, 9.17) is 0 Å². The lowest BCUT2D eigenvalue weighted by Gasteiger charge is -2.30. The molecule has 0 bridgehead atoms. The highest BCUT2D eigenvalue weighted by molar-refractivity contribution is 5.84. The second-order valence-corrected chi connectivity index (χ2v) is 3.37. The average Bonchev–Trinajstić information content (AvgIpc) is 2.14. The third-order valence-corrected chi connectivity index (χ3v) is 1.92. The zero-order valence-electron chi connectivity index (χ0n) is 8.92. The molecule has 17 heavy (non-hydrogen) atoms. The van der Waals surface area contributed by atoms with Crippen molar-refractivity contribution in [3.8, 4) is 0 Å². The SMILES string of the molecule is CCCN(C)C(=O)C(F)(F)C(F)(F)C(F)(F)F. The molecular formula is C8H10F7NO. The summed E-state index contributed by atoms with van der Waals surface area (Å²) in [5, 5.41) is 0. The minimum absolute atomic E-state index is 0.139. The lowest BCUT2D eigenvalue weighted by molar-refractivity contribution is -0.345. The van der Waals surface area contributed by atoms with Crippen molar-refractivity contribution in [2.75, 3.05) is 13.6 Å². The van der Waals surface area contributed by atoms with E-state index in [0.717, 1.165) is 7.05 Å². The minimum Gasteiger partial charge on any atom is -0.340 e. The summed E-state index contributed by atoms with van der Waals surface area (Å²) in [6.07, 6.45) is -6.34. The third-order valence-electron chi connectivity index (χ3n) is 1.92. The van der Waals surface area contributed by atoms with Crippen LogP contribution >= 0.6 is 0 Å². The number of carbonyl (C=O) groups is 1. The number of hydrogen-bond donors (Lipinski definition) is 0. The fourth-order valence-electron chi connectivity index (χ4n) is 0.989. The first kappa shape index (κ1) is 16.0. The van der Waals surface area contributed by atoms with Gasteiger partial charge in [-0.15, -0.1) is 0 Å². The Bertz CT molecular complexity index is 286. The fourth-order valence-corrected chi connectivity index (χ4v) is 0.989. The predicted octanol–water partition coefficient (Wildman–Crippen LogP) is 2.69. The minimum atomic E-state index is -6.49. The molecule has 0 atom stereocenters. The Labute approximate surface area is 92.4 Å². The van der Waals surface area contributed by atoms with Crippen LogP contribution < -0.4 is 0 Å². The van der Waals surface area contributed by atoms with Crippen LogP contribution in [0.25, 0.3) is 0 Å². The van der Waals surface area contributed by atoms with E-state index in [0.29, 0.717) is 0 Å². The van der Waals surface area contributed by atoms with E-state index in [1.54, 1.807) is 0 Å². The van der Waals surface area contributed by atoms with E-state index >= 15 is 0 Å². The van der Waals surface area contributed by atoms with Crippen molar-refractivity contribution < 1.29 is 35.5 Å². The molecule has 0 unspecified atom stereocenters.